The standard InChI is InChI=1S/C31H29F3N2O3/c1-39-20-25-16-23(14-13-22-10-7-11-26(27(22)18-35)21-8-3-2-4-9-21)28(31(32,33)34)17-24(25)19-36-15-6-5-12-29(36)30(37)38/h2-4,7-11,13-14,16-17,29H,5-6,12,15,19-20H2,1H3,(H,37,38)/b14-13+/t29-/m0/s1. The molecule has 0 bridgehead atoms. The Bertz CT molecular complexity index is 1390. The molecule has 8 heteroatoms. The first kappa shape index (κ1) is 28.1. The predicted octanol–water partition coefficient (Wildman–Crippen LogP) is 7.00. The fourth-order valence-electron chi connectivity index (χ4n) is 5.08. The van der Waals surface area contributed by atoms with Crippen LogP contribution in [0.5, 0.6) is 0 Å². The van der Waals surface area contributed by atoms with E-state index in [1.807, 2.05) is 36.4 Å². The van der Waals surface area contributed by atoms with Gasteiger partial charge in [-0.15, -0.1) is 0 Å². The van der Waals surface area contributed by atoms with Gasteiger partial charge in [0.15, 0.2) is 0 Å². The third-order valence-electron chi connectivity index (χ3n) is 6.98. The van der Waals surface area contributed by atoms with Gasteiger partial charge in [0.25, 0.3) is 0 Å². The summed E-state index contributed by atoms with van der Waals surface area (Å²) in [5.41, 5.74) is 2.47. The van der Waals surface area contributed by atoms with Gasteiger partial charge in [0.1, 0.15) is 12.1 Å². The average Bonchev–Trinajstić information content (AvgIpc) is 2.92. The second-order valence-corrected chi connectivity index (χ2v) is 9.54. The first-order valence-corrected chi connectivity index (χ1v) is 12.7. The van der Waals surface area contributed by atoms with E-state index in [-0.39, 0.29) is 18.7 Å². The molecule has 3 aromatic rings. The van der Waals surface area contributed by atoms with Gasteiger partial charge in [0, 0.05) is 19.2 Å². The molecule has 1 fully saturated rings. The number of hydrogen-bond donors (Lipinski definition) is 1. The number of piperidine rings is 1. The molecule has 3 aromatic carbocycles. The maximum absolute atomic E-state index is 14.3. The second-order valence-electron chi connectivity index (χ2n) is 9.54. The van der Waals surface area contributed by atoms with Crippen molar-refractivity contribution >= 4 is 18.1 Å². The maximum Gasteiger partial charge on any atom is 0.416 e. The number of nitrogens with zero attached hydrogens (tertiary/aromatic N) is 2. The highest BCUT2D eigenvalue weighted by atomic mass is 19.4. The van der Waals surface area contributed by atoms with Crippen molar-refractivity contribution in [3.8, 4) is 17.2 Å². The van der Waals surface area contributed by atoms with E-state index in [0.29, 0.717) is 40.8 Å². The SMILES string of the molecule is COCc1cc(/C=C/c2cccc(-c3ccccc3)c2C#N)c(C(F)(F)F)cc1CN1CCCC[C@H]1C(=O)O. The number of benzene rings is 3. The number of carboxylic acid groups (broad SMARTS) is 1. The molecule has 0 radical (unpaired) electrons. The second kappa shape index (κ2) is 12.3. The van der Waals surface area contributed by atoms with Crippen molar-refractivity contribution in [2.24, 2.45) is 0 Å². The number of carboxylic acids is 1. The highest BCUT2D eigenvalue weighted by Crippen LogP contribution is 2.36. The van der Waals surface area contributed by atoms with Crippen molar-refractivity contribution in [2.75, 3.05) is 13.7 Å². The van der Waals surface area contributed by atoms with Gasteiger partial charge in [-0.3, -0.25) is 9.69 Å². The number of alkyl halides is 3. The van der Waals surface area contributed by atoms with Crippen LogP contribution >= 0.6 is 0 Å². The summed E-state index contributed by atoms with van der Waals surface area (Å²) < 4.78 is 48.1. The van der Waals surface area contributed by atoms with E-state index in [2.05, 4.69) is 6.07 Å². The van der Waals surface area contributed by atoms with Crippen LogP contribution in [0.1, 0.15) is 52.6 Å². The normalized spacial score (nSPS) is 16.3. The first-order valence-electron chi connectivity index (χ1n) is 12.7. The Hall–Kier alpha value is -3.93. The number of likely N-dealkylation sites (tertiary alicyclic amines) is 1. The van der Waals surface area contributed by atoms with E-state index in [0.717, 1.165) is 24.5 Å². The highest BCUT2D eigenvalue weighted by Gasteiger charge is 2.35. The predicted molar refractivity (Wildman–Crippen MR) is 143 cm³/mol. The van der Waals surface area contributed by atoms with Gasteiger partial charge in [-0.25, -0.2) is 0 Å². The molecule has 5 nitrogen and oxygen atoms in total. The summed E-state index contributed by atoms with van der Waals surface area (Å²) in [5, 5.41) is 19.5. The number of hydrogen-bond acceptors (Lipinski definition) is 4. The Morgan fingerprint density at radius 2 is 1.82 bits per heavy atom. The lowest BCUT2D eigenvalue weighted by atomic mass is 9.93. The largest absolute Gasteiger partial charge is 0.480 e. The van der Waals surface area contributed by atoms with E-state index < -0.39 is 23.8 Å². The van der Waals surface area contributed by atoms with Crippen molar-refractivity contribution in [1.29, 1.82) is 5.26 Å². The first-order chi connectivity index (χ1) is 18.7. The Morgan fingerprint density at radius 1 is 1.08 bits per heavy atom. The van der Waals surface area contributed by atoms with E-state index in [9.17, 15) is 28.3 Å². The van der Waals surface area contributed by atoms with Crippen LogP contribution in [-0.4, -0.2) is 35.7 Å². The van der Waals surface area contributed by atoms with Crippen LogP contribution in [0.4, 0.5) is 13.2 Å². The number of ether oxygens (including phenoxy) is 1. The van der Waals surface area contributed by atoms with E-state index in [1.54, 1.807) is 17.0 Å². The quantitative estimate of drug-likeness (QED) is 0.315. The minimum Gasteiger partial charge on any atom is -0.480 e. The molecule has 0 aromatic heterocycles. The van der Waals surface area contributed by atoms with Crippen molar-refractivity contribution in [3.05, 3.63) is 94.0 Å². The minimum atomic E-state index is -4.64. The molecule has 1 heterocycles. The molecule has 1 saturated heterocycles. The zero-order valence-electron chi connectivity index (χ0n) is 21.5. The van der Waals surface area contributed by atoms with Crippen molar-refractivity contribution in [2.45, 2.75) is 44.6 Å². The van der Waals surface area contributed by atoms with Crippen LogP contribution in [0.15, 0.2) is 60.7 Å². The molecule has 0 saturated carbocycles. The lowest BCUT2D eigenvalue weighted by Crippen LogP contribution is -2.44. The van der Waals surface area contributed by atoms with Crippen LogP contribution in [0, 0.1) is 11.3 Å². The lowest BCUT2D eigenvalue weighted by Gasteiger charge is -2.33. The summed E-state index contributed by atoms with van der Waals surface area (Å²) in [4.78, 5) is 13.5. The van der Waals surface area contributed by atoms with Crippen LogP contribution in [0.2, 0.25) is 0 Å². The van der Waals surface area contributed by atoms with Crippen molar-refractivity contribution in [3.63, 3.8) is 0 Å². The smallest absolute Gasteiger partial charge is 0.416 e. The Kier molecular flexibility index (Phi) is 8.85. The molecule has 0 aliphatic carbocycles. The van der Waals surface area contributed by atoms with Crippen LogP contribution in [-0.2, 0) is 28.9 Å². The van der Waals surface area contributed by atoms with E-state index in [4.69, 9.17) is 4.74 Å². The van der Waals surface area contributed by atoms with Gasteiger partial charge in [-0.2, -0.15) is 18.4 Å². The van der Waals surface area contributed by atoms with Gasteiger partial charge in [0.05, 0.1) is 17.7 Å². The Balaban J connectivity index is 1.76. The number of carbonyl (C=O) groups is 1. The summed E-state index contributed by atoms with van der Waals surface area (Å²) in [5.74, 6) is -0.968. The monoisotopic (exact) mass is 534 g/mol. The maximum atomic E-state index is 14.3. The van der Waals surface area contributed by atoms with Gasteiger partial charge in [0.2, 0.25) is 0 Å². The van der Waals surface area contributed by atoms with Gasteiger partial charge in [-0.05, 0) is 59.3 Å². The molecule has 4 rings (SSSR count). The number of methoxy groups -OCH3 is 1. The summed E-state index contributed by atoms with van der Waals surface area (Å²) in [6.07, 6.45) is 0.281. The number of aliphatic carboxylic acids is 1. The molecule has 0 spiro atoms. The van der Waals surface area contributed by atoms with Gasteiger partial charge in [-0.1, -0.05) is 67.1 Å². The Morgan fingerprint density at radius 3 is 2.49 bits per heavy atom. The number of rotatable bonds is 8. The molecule has 202 valence electrons. The number of nitriles is 1. The minimum absolute atomic E-state index is 0.0549. The van der Waals surface area contributed by atoms with Gasteiger partial charge < -0.3 is 9.84 Å². The van der Waals surface area contributed by atoms with Crippen molar-refractivity contribution < 1.29 is 27.8 Å². The molecular formula is C31H29F3N2O3. The van der Waals surface area contributed by atoms with E-state index >= 15 is 0 Å². The summed E-state index contributed by atoms with van der Waals surface area (Å²) >= 11 is 0. The van der Waals surface area contributed by atoms with E-state index in [1.165, 1.54) is 25.3 Å². The summed E-state index contributed by atoms with van der Waals surface area (Å²) in [7, 11) is 1.46. The molecule has 1 atom stereocenters. The fourth-order valence-corrected chi connectivity index (χ4v) is 5.08. The molecule has 39 heavy (non-hydrogen) atoms. The highest BCUT2D eigenvalue weighted by molar-refractivity contribution is 5.81. The third-order valence-corrected chi connectivity index (χ3v) is 6.98. The topological polar surface area (TPSA) is 73.6 Å². The summed E-state index contributed by atoms with van der Waals surface area (Å²) in [6.45, 7) is 0.661. The fraction of sp³-hybridized carbons (Fsp3) is 0.290. The average molecular weight is 535 g/mol. The molecular weight excluding hydrogens is 505 g/mol. The van der Waals surface area contributed by atoms with Crippen molar-refractivity contribution in [1.82, 2.24) is 4.90 Å². The van der Waals surface area contributed by atoms with Crippen LogP contribution in [0.3, 0.4) is 0 Å². The summed E-state index contributed by atoms with van der Waals surface area (Å²) in [6, 6.07) is 18.6. The zero-order chi connectivity index (χ0) is 28.0. The third kappa shape index (κ3) is 6.56. The lowest BCUT2D eigenvalue weighted by molar-refractivity contribution is -0.145. The Labute approximate surface area is 225 Å². The zero-order valence-corrected chi connectivity index (χ0v) is 21.5. The van der Waals surface area contributed by atoms with Gasteiger partial charge >= 0.3 is 12.1 Å². The molecule has 1 aliphatic rings. The molecule has 0 unspecified atom stereocenters. The molecule has 1 aliphatic heterocycles. The molecule has 1 N–H and O–H groups in total. The molecule has 0 amide bonds. The number of halogens is 3. The van der Waals surface area contributed by atoms with Crippen LogP contribution < -0.4 is 0 Å². The van der Waals surface area contributed by atoms with Crippen LogP contribution in [0.25, 0.3) is 23.3 Å².